The summed E-state index contributed by atoms with van der Waals surface area (Å²) in [6.45, 7) is 3.82. The second-order valence-corrected chi connectivity index (χ2v) is 4.74. The van der Waals surface area contributed by atoms with E-state index in [4.69, 9.17) is 4.74 Å². The summed E-state index contributed by atoms with van der Waals surface area (Å²) in [6, 6.07) is 6.03. The number of hydrogen-bond donors (Lipinski definition) is 1. The molecule has 1 saturated carbocycles. The molecule has 1 aromatic rings. The molecule has 2 heteroatoms. The first-order chi connectivity index (χ1) is 7.66. The van der Waals surface area contributed by atoms with Crippen LogP contribution < -0.4 is 4.74 Å². The highest BCUT2D eigenvalue weighted by molar-refractivity contribution is 5.38. The lowest BCUT2D eigenvalue weighted by molar-refractivity contribution is 0.174. The van der Waals surface area contributed by atoms with Crippen molar-refractivity contribution in [2.75, 3.05) is 0 Å². The van der Waals surface area contributed by atoms with Crippen molar-refractivity contribution in [3.8, 4) is 5.75 Å². The van der Waals surface area contributed by atoms with E-state index in [0.717, 1.165) is 29.7 Å². The summed E-state index contributed by atoms with van der Waals surface area (Å²) < 4.78 is 5.96. The molecule has 0 aromatic heterocycles. The fraction of sp³-hybridized carbons (Fsp3) is 0.571. The Bertz CT molecular complexity index is 352. The van der Waals surface area contributed by atoms with Crippen LogP contribution in [-0.4, -0.2) is 11.2 Å². The van der Waals surface area contributed by atoms with Crippen molar-refractivity contribution in [2.45, 2.75) is 51.7 Å². The van der Waals surface area contributed by atoms with Crippen molar-refractivity contribution in [3.05, 3.63) is 29.3 Å². The van der Waals surface area contributed by atoms with Gasteiger partial charge in [-0.3, -0.25) is 0 Å². The Morgan fingerprint density at radius 2 is 2.00 bits per heavy atom. The maximum absolute atomic E-state index is 9.72. The minimum absolute atomic E-state index is 0.347. The average molecular weight is 220 g/mol. The van der Waals surface area contributed by atoms with Crippen LogP contribution >= 0.6 is 0 Å². The van der Waals surface area contributed by atoms with Crippen LogP contribution in [0.5, 0.6) is 5.75 Å². The van der Waals surface area contributed by atoms with E-state index in [1.54, 1.807) is 6.92 Å². The fourth-order valence-corrected chi connectivity index (χ4v) is 2.29. The zero-order chi connectivity index (χ0) is 11.5. The van der Waals surface area contributed by atoms with Crippen LogP contribution in [0.15, 0.2) is 18.2 Å². The first-order valence-electron chi connectivity index (χ1n) is 6.12. The molecule has 0 bridgehead atoms. The summed E-state index contributed by atoms with van der Waals surface area (Å²) in [5, 5.41) is 9.72. The van der Waals surface area contributed by atoms with Gasteiger partial charge in [0.2, 0.25) is 0 Å². The molecule has 0 unspecified atom stereocenters. The first kappa shape index (κ1) is 11.5. The maximum atomic E-state index is 9.72. The fourth-order valence-electron chi connectivity index (χ4n) is 2.29. The van der Waals surface area contributed by atoms with E-state index in [0.29, 0.717) is 6.10 Å². The van der Waals surface area contributed by atoms with E-state index in [2.05, 4.69) is 0 Å². The van der Waals surface area contributed by atoms with Crippen molar-refractivity contribution >= 4 is 0 Å². The Hall–Kier alpha value is -1.02. The normalized spacial score (nSPS) is 18.7. The van der Waals surface area contributed by atoms with E-state index in [9.17, 15) is 5.11 Å². The molecule has 0 aliphatic heterocycles. The maximum Gasteiger partial charge on any atom is 0.125 e. The topological polar surface area (TPSA) is 29.5 Å². The van der Waals surface area contributed by atoms with Gasteiger partial charge in [0.05, 0.1) is 12.2 Å². The van der Waals surface area contributed by atoms with Gasteiger partial charge in [-0.1, -0.05) is 11.6 Å². The smallest absolute Gasteiger partial charge is 0.125 e. The molecule has 88 valence electrons. The van der Waals surface area contributed by atoms with Crippen molar-refractivity contribution in [1.29, 1.82) is 0 Å². The standard InChI is InChI=1S/C14H20O2/c1-10-7-8-14(13(9-10)11(2)15)16-12-5-3-4-6-12/h7-9,11-12,15H,3-6H2,1-2H3/t11-/m0/s1. The highest BCUT2D eigenvalue weighted by Gasteiger charge is 2.18. The quantitative estimate of drug-likeness (QED) is 0.846. The van der Waals surface area contributed by atoms with Crippen molar-refractivity contribution in [1.82, 2.24) is 0 Å². The lowest BCUT2D eigenvalue weighted by Gasteiger charge is -2.18. The van der Waals surface area contributed by atoms with Crippen LogP contribution in [0.2, 0.25) is 0 Å². The number of aliphatic hydroxyl groups is 1. The van der Waals surface area contributed by atoms with Crippen LogP contribution in [0.3, 0.4) is 0 Å². The molecule has 2 nitrogen and oxygen atoms in total. The summed E-state index contributed by atoms with van der Waals surface area (Å²) in [6.07, 6.45) is 4.71. The predicted octanol–water partition coefficient (Wildman–Crippen LogP) is 3.37. The van der Waals surface area contributed by atoms with Crippen LogP contribution in [0.25, 0.3) is 0 Å². The molecule has 1 aliphatic rings. The number of ether oxygens (including phenoxy) is 1. The van der Waals surface area contributed by atoms with Gasteiger partial charge in [-0.15, -0.1) is 0 Å². The van der Waals surface area contributed by atoms with Crippen LogP contribution in [0.4, 0.5) is 0 Å². The summed E-state index contributed by atoms with van der Waals surface area (Å²) >= 11 is 0. The average Bonchev–Trinajstić information content (AvgIpc) is 2.73. The Morgan fingerprint density at radius 3 is 2.62 bits per heavy atom. The highest BCUT2D eigenvalue weighted by Crippen LogP contribution is 2.30. The van der Waals surface area contributed by atoms with Gasteiger partial charge >= 0.3 is 0 Å². The molecule has 1 aliphatic carbocycles. The van der Waals surface area contributed by atoms with E-state index in [1.165, 1.54) is 12.8 Å². The molecule has 16 heavy (non-hydrogen) atoms. The number of hydrogen-bond acceptors (Lipinski definition) is 2. The Labute approximate surface area is 97.3 Å². The predicted molar refractivity (Wildman–Crippen MR) is 64.7 cm³/mol. The lowest BCUT2D eigenvalue weighted by atomic mass is 10.1. The van der Waals surface area contributed by atoms with Gasteiger partial charge in [0.15, 0.2) is 0 Å². The third-order valence-corrected chi connectivity index (χ3v) is 3.21. The number of aliphatic hydroxyl groups excluding tert-OH is 1. The molecular formula is C14H20O2. The Morgan fingerprint density at radius 1 is 1.31 bits per heavy atom. The zero-order valence-corrected chi connectivity index (χ0v) is 10.1. The largest absolute Gasteiger partial charge is 0.490 e. The lowest BCUT2D eigenvalue weighted by Crippen LogP contribution is -2.12. The molecule has 2 rings (SSSR count). The summed E-state index contributed by atoms with van der Waals surface area (Å²) in [5.41, 5.74) is 2.07. The Balaban J connectivity index is 2.18. The van der Waals surface area contributed by atoms with Crippen LogP contribution in [-0.2, 0) is 0 Å². The molecule has 0 amide bonds. The van der Waals surface area contributed by atoms with Crippen LogP contribution in [0, 0.1) is 6.92 Å². The Kier molecular flexibility index (Phi) is 3.49. The molecule has 0 heterocycles. The minimum atomic E-state index is -0.462. The molecule has 0 saturated heterocycles. The monoisotopic (exact) mass is 220 g/mol. The van der Waals surface area contributed by atoms with Gasteiger partial charge in [-0.05, 0) is 51.7 Å². The van der Waals surface area contributed by atoms with E-state index in [1.807, 2.05) is 25.1 Å². The molecule has 0 radical (unpaired) electrons. The van der Waals surface area contributed by atoms with Crippen LogP contribution in [0.1, 0.15) is 49.8 Å². The number of rotatable bonds is 3. The molecule has 1 N–H and O–H groups in total. The first-order valence-corrected chi connectivity index (χ1v) is 6.12. The summed E-state index contributed by atoms with van der Waals surface area (Å²) in [5.74, 6) is 0.854. The number of aryl methyl sites for hydroxylation is 1. The second kappa shape index (κ2) is 4.88. The molecule has 1 aromatic carbocycles. The van der Waals surface area contributed by atoms with Crippen molar-refractivity contribution in [2.24, 2.45) is 0 Å². The van der Waals surface area contributed by atoms with Gasteiger partial charge in [-0.2, -0.15) is 0 Å². The molecular weight excluding hydrogens is 200 g/mol. The van der Waals surface area contributed by atoms with Gasteiger partial charge in [0, 0.05) is 5.56 Å². The third-order valence-electron chi connectivity index (χ3n) is 3.21. The SMILES string of the molecule is Cc1ccc(OC2CCCC2)c([C@H](C)O)c1. The summed E-state index contributed by atoms with van der Waals surface area (Å²) in [4.78, 5) is 0. The second-order valence-electron chi connectivity index (χ2n) is 4.74. The molecule has 1 atom stereocenters. The molecule has 0 spiro atoms. The molecule has 1 fully saturated rings. The van der Waals surface area contributed by atoms with E-state index in [-0.39, 0.29) is 0 Å². The van der Waals surface area contributed by atoms with E-state index < -0.39 is 6.10 Å². The van der Waals surface area contributed by atoms with Gasteiger partial charge in [0.1, 0.15) is 5.75 Å². The highest BCUT2D eigenvalue weighted by atomic mass is 16.5. The van der Waals surface area contributed by atoms with E-state index >= 15 is 0 Å². The van der Waals surface area contributed by atoms with Crippen molar-refractivity contribution < 1.29 is 9.84 Å². The number of benzene rings is 1. The van der Waals surface area contributed by atoms with Gasteiger partial charge in [-0.25, -0.2) is 0 Å². The minimum Gasteiger partial charge on any atom is -0.490 e. The van der Waals surface area contributed by atoms with Crippen molar-refractivity contribution in [3.63, 3.8) is 0 Å². The van der Waals surface area contributed by atoms with Gasteiger partial charge < -0.3 is 9.84 Å². The zero-order valence-electron chi connectivity index (χ0n) is 10.1. The third kappa shape index (κ3) is 2.56. The van der Waals surface area contributed by atoms with Gasteiger partial charge in [0.25, 0.3) is 0 Å². The summed E-state index contributed by atoms with van der Waals surface area (Å²) in [7, 11) is 0.